The van der Waals surface area contributed by atoms with Gasteiger partial charge in [-0.1, -0.05) is 29.6 Å². The Morgan fingerprint density at radius 2 is 2.42 bits per heavy atom. The summed E-state index contributed by atoms with van der Waals surface area (Å²) >= 11 is 1.39. The highest BCUT2D eigenvalue weighted by Gasteiger charge is 2.25. The van der Waals surface area contributed by atoms with E-state index >= 15 is 0 Å². The fourth-order valence-electron chi connectivity index (χ4n) is 2.45. The second-order valence-electron chi connectivity index (χ2n) is 4.47. The van der Waals surface area contributed by atoms with Gasteiger partial charge in [-0.2, -0.15) is 0 Å². The predicted molar refractivity (Wildman–Crippen MR) is 74.1 cm³/mol. The quantitative estimate of drug-likeness (QED) is 0.655. The minimum absolute atomic E-state index is 0.108. The number of benzene rings is 1. The van der Waals surface area contributed by atoms with Crippen molar-refractivity contribution in [3.63, 3.8) is 0 Å². The lowest BCUT2D eigenvalue weighted by molar-refractivity contribution is 0.350. The zero-order valence-corrected chi connectivity index (χ0v) is 11.5. The van der Waals surface area contributed by atoms with Crippen LogP contribution in [0.25, 0.3) is 0 Å². The molecule has 0 fully saturated rings. The monoisotopic (exact) mass is 276 g/mol. The second-order valence-corrected chi connectivity index (χ2v) is 5.26. The predicted octanol–water partition coefficient (Wildman–Crippen LogP) is 1.59. The number of para-hydroxylation sites is 1. The summed E-state index contributed by atoms with van der Waals surface area (Å²) in [5, 5.41) is 4.15. The number of hydrogen-bond acceptors (Lipinski definition) is 6. The highest BCUT2D eigenvalue weighted by molar-refractivity contribution is 7.05. The highest BCUT2D eigenvalue weighted by Crippen LogP contribution is 2.37. The number of hydrogen-bond donors (Lipinski definition) is 2. The number of ether oxygens (including phenoxy) is 1. The minimum Gasteiger partial charge on any atom is -0.493 e. The van der Waals surface area contributed by atoms with Crippen LogP contribution in [0.15, 0.2) is 18.2 Å². The molecule has 1 atom stereocenters. The highest BCUT2D eigenvalue weighted by atomic mass is 32.1. The fourth-order valence-corrected chi connectivity index (χ4v) is 3.27. The minimum atomic E-state index is -0.108. The third-order valence-electron chi connectivity index (χ3n) is 3.40. The summed E-state index contributed by atoms with van der Waals surface area (Å²) in [6, 6.07) is 6.09. The fraction of sp³-hybridized carbons (Fsp3) is 0.385. The van der Waals surface area contributed by atoms with Crippen molar-refractivity contribution in [3.8, 4) is 5.75 Å². The summed E-state index contributed by atoms with van der Waals surface area (Å²) in [7, 11) is 0. The average Bonchev–Trinajstić information content (AvgIpc) is 3.08. The molecule has 1 unspecified atom stereocenters. The van der Waals surface area contributed by atoms with Crippen molar-refractivity contribution < 1.29 is 4.74 Å². The molecule has 19 heavy (non-hydrogen) atoms. The topological polar surface area (TPSA) is 73.1 Å². The number of nitrogens with two attached hydrogens (primary N) is 1. The zero-order valence-electron chi connectivity index (χ0n) is 10.7. The number of aryl methyl sites for hydroxylation is 1. The molecule has 6 heteroatoms. The molecule has 0 radical (unpaired) electrons. The third kappa shape index (κ3) is 2.11. The summed E-state index contributed by atoms with van der Waals surface area (Å²) in [6.45, 7) is 2.81. The Morgan fingerprint density at radius 3 is 3.21 bits per heavy atom. The SMILES string of the molecule is CCc1nnsc1C(NN)c1cccc2c1OCC2. The summed E-state index contributed by atoms with van der Waals surface area (Å²) in [6.07, 6.45) is 1.81. The Hall–Kier alpha value is -1.50. The standard InChI is InChI=1S/C13H16N4OS/c1-2-10-13(19-17-16-10)11(15-14)9-5-3-4-8-6-7-18-12(8)9/h3-5,11,15H,2,6-7,14H2,1H3. The molecule has 0 aliphatic carbocycles. The van der Waals surface area contributed by atoms with Gasteiger partial charge in [-0.3, -0.25) is 5.84 Å². The number of hydrazine groups is 1. The molecular formula is C13H16N4OS. The molecule has 0 amide bonds. The van der Waals surface area contributed by atoms with Crippen LogP contribution in [0, 0.1) is 0 Å². The largest absolute Gasteiger partial charge is 0.493 e. The van der Waals surface area contributed by atoms with E-state index in [0.29, 0.717) is 0 Å². The van der Waals surface area contributed by atoms with Crippen LogP contribution >= 0.6 is 11.5 Å². The van der Waals surface area contributed by atoms with E-state index in [-0.39, 0.29) is 6.04 Å². The Morgan fingerprint density at radius 1 is 1.53 bits per heavy atom. The Labute approximate surface area is 115 Å². The smallest absolute Gasteiger partial charge is 0.127 e. The van der Waals surface area contributed by atoms with Gasteiger partial charge in [0.1, 0.15) is 5.75 Å². The van der Waals surface area contributed by atoms with Gasteiger partial charge in [0.05, 0.1) is 23.2 Å². The summed E-state index contributed by atoms with van der Waals surface area (Å²) in [5.41, 5.74) is 6.18. The summed E-state index contributed by atoms with van der Waals surface area (Å²) in [4.78, 5) is 1.06. The van der Waals surface area contributed by atoms with Crippen molar-refractivity contribution in [2.75, 3.05) is 6.61 Å². The molecular weight excluding hydrogens is 260 g/mol. The second kappa shape index (κ2) is 5.24. The van der Waals surface area contributed by atoms with Gasteiger partial charge in [-0.15, -0.1) is 5.10 Å². The normalized spacial score (nSPS) is 15.1. The van der Waals surface area contributed by atoms with Gasteiger partial charge in [0.15, 0.2) is 0 Å². The van der Waals surface area contributed by atoms with E-state index in [1.807, 2.05) is 12.1 Å². The van der Waals surface area contributed by atoms with Crippen LogP contribution in [-0.2, 0) is 12.8 Å². The number of nitrogens with one attached hydrogen (secondary N) is 1. The molecule has 2 aromatic rings. The summed E-state index contributed by atoms with van der Waals surface area (Å²) < 4.78 is 9.79. The average molecular weight is 276 g/mol. The summed E-state index contributed by atoms with van der Waals surface area (Å²) in [5.74, 6) is 6.72. The molecule has 1 aliphatic rings. The van der Waals surface area contributed by atoms with Crippen molar-refractivity contribution in [1.29, 1.82) is 0 Å². The van der Waals surface area contributed by atoms with E-state index in [1.165, 1.54) is 17.1 Å². The van der Waals surface area contributed by atoms with Crippen LogP contribution in [0.5, 0.6) is 5.75 Å². The van der Waals surface area contributed by atoms with Gasteiger partial charge in [-0.05, 0) is 23.5 Å². The van der Waals surface area contributed by atoms with Crippen molar-refractivity contribution in [2.24, 2.45) is 5.84 Å². The lowest BCUT2D eigenvalue weighted by atomic mass is 10.00. The molecule has 3 N–H and O–H groups in total. The molecule has 0 saturated carbocycles. The van der Waals surface area contributed by atoms with Crippen LogP contribution in [0.4, 0.5) is 0 Å². The van der Waals surface area contributed by atoms with E-state index in [4.69, 9.17) is 10.6 Å². The third-order valence-corrected chi connectivity index (χ3v) is 4.24. The molecule has 1 aliphatic heterocycles. The van der Waals surface area contributed by atoms with Crippen molar-refractivity contribution in [2.45, 2.75) is 25.8 Å². The van der Waals surface area contributed by atoms with Crippen molar-refractivity contribution in [3.05, 3.63) is 39.9 Å². The van der Waals surface area contributed by atoms with E-state index in [1.54, 1.807) is 0 Å². The van der Waals surface area contributed by atoms with Crippen LogP contribution in [0.3, 0.4) is 0 Å². The molecule has 100 valence electrons. The first-order valence-electron chi connectivity index (χ1n) is 6.37. The number of rotatable bonds is 4. The Balaban J connectivity index is 2.06. The van der Waals surface area contributed by atoms with Gasteiger partial charge in [0, 0.05) is 12.0 Å². The van der Waals surface area contributed by atoms with Gasteiger partial charge in [-0.25, -0.2) is 5.43 Å². The first-order chi connectivity index (χ1) is 9.35. The maximum Gasteiger partial charge on any atom is 0.127 e. The van der Waals surface area contributed by atoms with Crippen LogP contribution in [0.1, 0.15) is 34.7 Å². The van der Waals surface area contributed by atoms with E-state index in [2.05, 4.69) is 28.0 Å². The lowest BCUT2D eigenvalue weighted by Gasteiger charge is -2.18. The van der Waals surface area contributed by atoms with Crippen molar-refractivity contribution in [1.82, 2.24) is 15.0 Å². The molecule has 5 nitrogen and oxygen atoms in total. The first-order valence-corrected chi connectivity index (χ1v) is 7.14. The number of aromatic nitrogens is 2. The van der Waals surface area contributed by atoms with Crippen LogP contribution in [0.2, 0.25) is 0 Å². The molecule has 0 spiro atoms. The Bertz CT molecular complexity index is 584. The molecule has 2 heterocycles. The first kappa shape index (κ1) is 12.5. The maximum absolute atomic E-state index is 5.76. The van der Waals surface area contributed by atoms with E-state index in [9.17, 15) is 0 Å². The molecule has 1 aromatic heterocycles. The molecule has 3 rings (SSSR count). The molecule has 0 saturated heterocycles. The lowest BCUT2D eigenvalue weighted by Crippen LogP contribution is -2.29. The van der Waals surface area contributed by atoms with Gasteiger partial charge in [0.2, 0.25) is 0 Å². The molecule has 0 bridgehead atoms. The van der Waals surface area contributed by atoms with Gasteiger partial charge in [0.25, 0.3) is 0 Å². The number of fused-ring (bicyclic) bond motifs is 1. The molecule has 1 aromatic carbocycles. The Kier molecular flexibility index (Phi) is 3.46. The van der Waals surface area contributed by atoms with Crippen LogP contribution in [-0.4, -0.2) is 16.2 Å². The van der Waals surface area contributed by atoms with E-state index < -0.39 is 0 Å². The maximum atomic E-state index is 5.76. The van der Waals surface area contributed by atoms with Gasteiger partial charge >= 0.3 is 0 Å². The zero-order chi connectivity index (χ0) is 13.2. The van der Waals surface area contributed by atoms with Crippen molar-refractivity contribution >= 4 is 11.5 Å². The van der Waals surface area contributed by atoms with Crippen LogP contribution < -0.4 is 16.0 Å². The van der Waals surface area contributed by atoms with Gasteiger partial charge < -0.3 is 4.74 Å². The van der Waals surface area contributed by atoms with E-state index in [0.717, 1.165) is 41.3 Å². The number of nitrogens with zero attached hydrogens (tertiary/aromatic N) is 2.